The van der Waals surface area contributed by atoms with E-state index in [9.17, 15) is 9.59 Å². The summed E-state index contributed by atoms with van der Waals surface area (Å²) in [4.78, 5) is 23.6. The number of hydrogen-bond donors (Lipinski definition) is 1. The highest BCUT2D eigenvalue weighted by atomic mass is 35.5. The maximum Gasteiger partial charge on any atom is 0.313 e. The number of benzene rings is 1. The summed E-state index contributed by atoms with van der Waals surface area (Å²) < 4.78 is 0. The SMILES string of the molecule is CN(C)C(=O)C(=O)Nc1ccccc1.Cl. The zero-order valence-electron chi connectivity index (χ0n) is 8.56. The van der Waals surface area contributed by atoms with Gasteiger partial charge in [-0.3, -0.25) is 9.59 Å². The fourth-order valence-electron chi connectivity index (χ4n) is 0.909. The van der Waals surface area contributed by atoms with E-state index in [-0.39, 0.29) is 12.4 Å². The molecular formula is C10H13ClN2O2. The molecule has 1 rings (SSSR count). The highest BCUT2D eigenvalue weighted by molar-refractivity contribution is 6.39. The number of halogens is 1. The Morgan fingerprint density at radius 3 is 2.13 bits per heavy atom. The Hall–Kier alpha value is -1.55. The van der Waals surface area contributed by atoms with Crippen molar-refractivity contribution in [3.8, 4) is 0 Å². The quantitative estimate of drug-likeness (QED) is 0.733. The molecule has 0 bridgehead atoms. The average Bonchev–Trinajstić information content (AvgIpc) is 2.18. The van der Waals surface area contributed by atoms with Gasteiger partial charge in [0.2, 0.25) is 0 Å². The molecule has 82 valence electrons. The van der Waals surface area contributed by atoms with Crippen LogP contribution in [-0.2, 0) is 9.59 Å². The van der Waals surface area contributed by atoms with E-state index in [1.54, 1.807) is 24.3 Å². The monoisotopic (exact) mass is 228 g/mol. The number of amides is 2. The van der Waals surface area contributed by atoms with Gasteiger partial charge in [0.1, 0.15) is 0 Å². The minimum absolute atomic E-state index is 0. The van der Waals surface area contributed by atoms with Crippen LogP contribution in [0.5, 0.6) is 0 Å². The Labute approximate surface area is 94.7 Å². The normalized spacial score (nSPS) is 8.67. The number of rotatable bonds is 1. The van der Waals surface area contributed by atoms with E-state index in [0.29, 0.717) is 5.69 Å². The topological polar surface area (TPSA) is 49.4 Å². The van der Waals surface area contributed by atoms with Gasteiger partial charge < -0.3 is 10.2 Å². The largest absolute Gasteiger partial charge is 0.341 e. The lowest BCUT2D eigenvalue weighted by atomic mass is 10.3. The van der Waals surface area contributed by atoms with E-state index in [2.05, 4.69) is 5.32 Å². The molecule has 0 saturated carbocycles. The first-order valence-electron chi connectivity index (χ1n) is 4.19. The number of anilines is 1. The molecule has 15 heavy (non-hydrogen) atoms. The summed E-state index contributed by atoms with van der Waals surface area (Å²) in [5, 5.41) is 2.49. The number of para-hydroxylation sites is 1. The van der Waals surface area contributed by atoms with Gasteiger partial charge in [-0.2, -0.15) is 0 Å². The van der Waals surface area contributed by atoms with E-state index in [0.717, 1.165) is 0 Å². The second-order valence-electron chi connectivity index (χ2n) is 3.02. The van der Waals surface area contributed by atoms with Crippen molar-refractivity contribution in [1.29, 1.82) is 0 Å². The van der Waals surface area contributed by atoms with Gasteiger partial charge >= 0.3 is 11.8 Å². The number of nitrogens with zero attached hydrogens (tertiary/aromatic N) is 1. The van der Waals surface area contributed by atoms with Gasteiger partial charge in [0.15, 0.2) is 0 Å². The predicted octanol–water partition coefficient (Wildman–Crippen LogP) is 1.14. The number of hydrogen-bond acceptors (Lipinski definition) is 2. The van der Waals surface area contributed by atoms with Crippen molar-refractivity contribution in [1.82, 2.24) is 4.90 Å². The molecule has 0 saturated heterocycles. The highest BCUT2D eigenvalue weighted by Crippen LogP contribution is 2.04. The molecule has 5 heteroatoms. The molecule has 0 spiro atoms. The Kier molecular flexibility index (Phi) is 5.41. The molecule has 0 aliphatic heterocycles. The third-order valence-electron chi connectivity index (χ3n) is 1.63. The summed E-state index contributed by atoms with van der Waals surface area (Å²) in [6, 6.07) is 8.86. The molecular weight excluding hydrogens is 216 g/mol. The van der Waals surface area contributed by atoms with E-state index in [1.165, 1.54) is 19.0 Å². The summed E-state index contributed by atoms with van der Waals surface area (Å²) >= 11 is 0. The first kappa shape index (κ1) is 13.5. The van der Waals surface area contributed by atoms with Crippen LogP contribution in [0.4, 0.5) is 5.69 Å². The van der Waals surface area contributed by atoms with Crippen LogP contribution in [-0.4, -0.2) is 30.8 Å². The first-order valence-corrected chi connectivity index (χ1v) is 4.19. The molecule has 0 aromatic heterocycles. The van der Waals surface area contributed by atoms with Gasteiger partial charge in [0, 0.05) is 19.8 Å². The maximum atomic E-state index is 11.3. The summed E-state index contributed by atoms with van der Waals surface area (Å²) in [6.45, 7) is 0. The van der Waals surface area contributed by atoms with E-state index >= 15 is 0 Å². The minimum Gasteiger partial charge on any atom is -0.341 e. The van der Waals surface area contributed by atoms with Crippen molar-refractivity contribution in [3.05, 3.63) is 30.3 Å². The lowest BCUT2D eigenvalue weighted by molar-refractivity contribution is -0.141. The van der Waals surface area contributed by atoms with Crippen LogP contribution in [0.1, 0.15) is 0 Å². The van der Waals surface area contributed by atoms with Crippen LogP contribution in [0.3, 0.4) is 0 Å². The molecule has 0 aliphatic carbocycles. The van der Waals surface area contributed by atoms with Crippen molar-refractivity contribution in [2.75, 3.05) is 19.4 Å². The fourth-order valence-corrected chi connectivity index (χ4v) is 0.909. The standard InChI is InChI=1S/C10H12N2O2.ClH/c1-12(2)10(14)9(13)11-8-6-4-3-5-7-8;/h3-7H,1-2H3,(H,11,13);1H. The zero-order chi connectivity index (χ0) is 10.6. The van der Waals surface area contributed by atoms with Crippen LogP contribution in [0.25, 0.3) is 0 Å². The van der Waals surface area contributed by atoms with Gasteiger partial charge in [-0.25, -0.2) is 0 Å². The molecule has 0 radical (unpaired) electrons. The Bertz CT molecular complexity index is 339. The predicted molar refractivity (Wildman–Crippen MR) is 61.0 cm³/mol. The lowest BCUT2D eigenvalue weighted by Gasteiger charge is -2.09. The van der Waals surface area contributed by atoms with Crippen molar-refractivity contribution < 1.29 is 9.59 Å². The summed E-state index contributed by atoms with van der Waals surface area (Å²) in [5.41, 5.74) is 0.618. The zero-order valence-corrected chi connectivity index (χ0v) is 9.38. The Balaban J connectivity index is 0.00000196. The average molecular weight is 229 g/mol. The maximum absolute atomic E-state index is 11.3. The van der Waals surface area contributed by atoms with Crippen LogP contribution in [0.2, 0.25) is 0 Å². The molecule has 0 heterocycles. The van der Waals surface area contributed by atoms with Crippen LogP contribution >= 0.6 is 12.4 Å². The molecule has 0 aliphatic rings. The number of carbonyl (C=O) groups excluding carboxylic acids is 2. The molecule has 4 nitrogen and oxygen atoms in total. The summed E-state index contributed by atoms with van der Waals surface area (Å²) in [5.74, 6) is -1.19. The first-order chi connectivity index (χ1) is 6.61. The Morgan fingerprint density at radius 2 is 1.67 bits per heavy atom. The van der Waals surface area contributed by atoms with Gasteiger partial charge in [-0.15, -0.1) is 12.4 Å². The van der Waals surface area contributed by atoms with Gasteiger partial charge in [-0.1, -0.05) is 18.2 Å². The van der Waals surface area contributed by atoms with Gasteiger partial charge in [0.05, 0.1) is 0 Å². The smallest absolute Gasteiger partial charge is 0.313 e. The molecule has 0 unspecified atom stereocenters. The third-order valence-corrected chi connectivity index (χ3v) is 1.63. The van der Waals surface area contributed by atoms with E-state index in [1.807, 2.05) is 6.07 Å². The van der Waals surface area contributed by atoms with Crippen LogP contribution in [0.15, 0.2) is 30.3 Å². The summed E-state index contributed by atoms with van der Waals surface area (Å²) in [6.07, 6.45) is 0. The molecule has 1 N–H and O–H groups in total. The fraction of sp³-hybridized carbons (Fsp3) is 0.200. The van der Waals surface area contributed by atoms with E-state index < -0.39 is 11.8 Å². The second-order valence-corrected chi connectivity index (χ2v) is 3.02. The highest BCUT2D eigenvalue weighted by Gasteiger charge is 2.14. The molecule has 0 atom stereocenters. The van der Waals surface area contributed by atoms with Crippen LogP contribution in [0, 0.1) is 0 Å². The van der Waals surface area contributed by atoms with E-state index in [4.69, 9.17) is 0 Å². The Morgan fingerprint density at radius 1 is 1.13 bits per heavy atom. The van der Waals surface area contributed by atoms with Crippen molar-refractivity contribution in [2.45, 2.75) is 0 Å². The number of nitrogens with one attached hydrogen (secondary N) is 1. The van der Waals surface area contributed by atoms with Crippen LogP contribution < -0.4 is 5.32 Å². The number of likely N-dealkylation sites (N-methyl/N-ethyl adjacent to an activating group) is 1. The lowest BCUT2D eigenvalue weighted by Crippen LogP contribution is -2.34. The van der Waals surface area contributed by atoms with Gasteiger partial charge in [-0.05, 0) is 12.1 Å². The van der Waals surface area contributed by atoms with Gasteiger partial charge in [0.25, 0.3) is 0 Å². The number of carbonyl (C=O) groups is 2. The molecule has 0 fully saturated rings. The second kappa shape index (κ2) is 6.03. The van der Waals surface area contributed by atoms with Crippen molar-refractivity contribution in [3.63, 3.8) is 0 Å². The minimum atomic E-state index is -0.624. The summed E-state index contributed by atoms with van der Waals surface area (Å²) in [7, 11) is 3.07. The van der Waals surface area contributed by atoms with Crippen molar-refractivity contribution in [2.24, 2.45) is 0 Å². The van der Waals surface area contributed by atoms with Crippen molar-refractivity contribution >= 4 is 29.9 Å². The molecule has 2 amide bonds. The molecule has 1 aromatic rings. The molecule has 1 aromatic carbocycles. The third kappa shape index (κ3) is 3.99.